The van der Waals surface area contributed by atoms with Crippen LogP contribution in [0.2, 0.25) is 0 Å². The molecule has 0 saturated carbocycles. The summed E-state index contributed by atoms with van der Waals surface area (Å²) < 4.78 is 11.2. The van der Waals surface area contributed by atoms with Gasteiger partial charge in [-0.3, -0.25) is 4.79 Å². The minimum Gasteiger partial charge on any atom is -0.379 e. The van der Waals surface area contributed by atoms with Crippen LogP contribution >= 0.6 is 0 Å². The molecule has 1 N–H and O–H groups in total. The maximum absolute atomic E-state index is 11.3. The number of hydrogen-bond acceptors (Lipinski definition) is 4. The van der Waals surface area contributed by atoms with Gasteiger partial charge in [0, 0.05) is 40.2 Å². The van der Waals surface area contributed by atoms with E-state index in [2.05, 4.69) is 12.2 Å². The highest BCUT2D eigenvalue weighted by Crippen LogP contribution is 2.04. The molecule has 5 heteroatoms. The average Bonchev–Trinajstić information content (AvgIpc) is 2.28. The molecule has 0 aromatic rings. The van der Waals surface area contributed by atoms with E-state index in [0.717, 1.165) is 19.5 Å². The molecule has 0 aromatic heterocycles. The van der Waals surface area contributed by atoms with Gasteiger partial charge in [-0.05, 0) is 13.3 Å². The molecule has 0 spiro atoms. The van der Waals surface area contributed by atoms with Crippen molar-refractivity contribution in [2.75, 3.05) is 40.4 Å². The lowest BCUT2D eigenvalue weighted by atomic mass is 10.2. The number of morpholine rings is 1. The van der Waals surface area contributed by atoms with Crippen LogP contribution < -0.4 is 5.32 Å². The minimum absolute atomic E-state index is 0.142. The molecule has 0 aliphatic carbocycles. The van der Waals surface area contributed by atoms with Crippen molar-refractivity contribution in [2.45, 2.75) is 32.0 Å². The molecule has 0 radical (unpaired) electrons. The Bertz CT molecular complexity index is 234. The summed E-state index contributed by atoms with van der Waals surface area (Å²) in [5, 5.41) is 3.29. The summed E-state index contributed by atoms with van der Waals surface area (Å²) in [6, 6.07) is 0. The molecule has 1 heterocycles. The molecule has 1 aliphatic rings. The molecule has 2 unspecified atom stereocenters. The molecular formula is C12H24N2O3. The second-order valence-corrected chi connectivity index (χ2v) is 4.69. The van der Waals surface area contributed by atoms with E-state index >= 15 is 0 Å². The van der Waals surface area contributed by atoms with Gasteiger partial charge in [-0.15, -0.1) is 0 Å². The third-order valence-electron chi connectivity index (χ3n) is 2.71. The third kappa shape index (κ3) is 6.00. The zero-order valence-corrected chi connectivity index (χ0v) is 11.1. The van der Waals surface area contributed by atoms with Crippen LogP contribution in [0, 0.1) is 0 Å². The fraction of sp³-hybridized carbons (Fsp3) is 0.917. The van der Waals surface area contributed by atoms with E-state index in [0.29, 0.717) is 19.6 Å². The maximum Gasteiger partial charge on any atom is 0.222 e. The molecule has 1 amide bonds. The molecular weight excluding hydrogens is 220 g/mol. The number of hydrogen-bond donors (Lipinski definition) is 1. The van der Waals surface area contributed by atoms with Crippen molar-refractivity contribution in [3.05, 3.63) is 0 Å². The second-order valence-electron chi connectivity index (χ2n) is 4.69. The van der Waals surface area contributed by atoms with Crippen LogP contribution in [0.1, 0.15) is 19.8 Å². The van der Waals surface area contributed by atoms with Crippen molar-refractivity contribution in [1.82, 2.24) is 10.2 Å². The van der Waals surface area contributed by atoms with E-state index in [4.69, 9.17) is 9.47 Å². The molecule has 1 aliphatic heterocycles. The lowest BCUT2D eigenvalue weighted by Gasteiger charge is -2.28. The van der Waals surface area contributed by atoms with Crippen LogP contribution in [-0.2, 0) is 14.3 Å². The summed E-state index contributed by atoms with van der Waals surface area (Å²) in [6.45, 7) is 5.03. The van der Waals surface area contributed by atoms with Gasteiger partial charge in [0.15, 0.2) is 0 Å². The van der Waals surface area contributed by atoms with Gasteiger partial charge in [0.05, 0.1) is 18.8 Å². The molecule has 0 aromatic carbocycles. The van der Waals surface area contributed by atoms with E-state index < -0.39 is 0 Å². The molecule has 1 fully saturated rings. The van der Waals surface area contributed by atoms with E-state index in [1.54, 1.807) is 19.0 Å². The number of nitrogens with zero attached hydrogens (tertiary/aromatic N) is 1. The molecule has 0 bridgehead atoms. The molecule has 17 heavy (non-hydrogen) atoms. The van der Waals surface area contributed by atoms with Crippen molar-refractivity contribution < 1.29 is 14.3 Å². The zero-order valence-electron chi connectivity index (χ0n) is 11.1. The number of carbonyl (C=O) groups is 1. The topological polar surface area (TPSA) is 50.8 Å². The highest BCUT2D eigenvalue weighted by molar-refractivity contribution is 5.75. The first-order valence-corrected chi connectivity index (χ1v) is 6.23. The summed E-state index contributed by atoms with van der Waals surface area (Å²) in [5.74, 6) is 0.151. The Labute approximate surface area is 103 Å². The molecule has 5 nitrogen and oxygen atoms in total. The number of nitrogens with one attached hydrogen (secondary N) is 1. The smallest absolute Gasteiger partial charge is 0.222 e. The Morgan fingerprint density at radius 3 is 2.88 bits per heavy atom. The maximum atomic E-state index is 11.3. The van der Waals surface area contributed by atoms with Gasteiger partial charge in [0.25, 0.3) is 0 Å². The Morgan fingerprint density at radius 2 is 2.24 bits per heavy atom. The Morgan fingerprint density at radius 1 is 1.47 bits per heavy atom. The first kappa shape index (κ1) is 14.4. The SMILES string of the molecule is CC1CNCC(COCCCC(=O)N(C)C)O1. The van der Waals surface area contributed by atoms with Gasteiger partial charge in [-0.1, -0.05) is 0 Å². The number of rotatable bonds is 6. The van der Waals surface area contributed by atoms with Gasteiger partial charge >= 0.3 is 0 Å². The van der Waals surface area contributed by atoms with E-state index in [1.807, 2.05) is 0 Å². The predicted octanol–water partition coefficient (Wildman–Crippen LogP) is 0.248. The van der Waals surface area contributed by atoms with Crippen LogP contribution in [0.4, 0.5) is 0 Å². The lowest BCUT2D eigenvalue weighted by Crippen LogP contribution is -2.45. The fourth-order valence-electron chi connectivity index (χ4n) is 1.73. The Kier molecular flexibility index (Phi) is 6.47. The van der Waals surface area contributed by atoms with Gasteiger partial charge < -0.3 is 19.7 Å². The predicted molar refractivity (Wildman–Crippen MR) is 66.0 cm³/mol. The Balaban J connectivity index is 1.98. The summed E-state index contributed by atoms with van der Waals surface area (Å²) in [5.41, 5.74) is 0. The quantitative estimate of drug-likeness (QED) is 0.680. The van der Waals surface area contributed by atoms with Crippen LogP contribution in [0.3, 0.4) is 0 Å². The summed E-state index contributed by atoms with van der Waals surface area (Å²) >= 11 is 0. The van der Waals surface area contributed by atoms with E-state index in [-0.39, 0.29) is 18.1 Å². The van der Waals surface area contributed by atoms with Gasteiger partial charge in [-0.2, -0.15) is 0 Å². The monoisotopic (exact) mass is 244 g/mol. The number of ether oxygens (including phenoxy) is 2. The number of amides is 1. The van der Waals surface area contributed by atoms with E-state index in [9.17, 15) is 4.79 Å². The van der Waals surface area contributed by atoms with Gasteiger partial charge in [0.2, 0.25) is 5.91 Å². The van der Waals surface area contributed by atoms with Gasteiger partial charge in [-0.25, -0.2) is 0 Å². The highest BCUT2D eigenvalue weighted by atomic mass is 16.5. The fourth-order valence-corrected chi connectivity index (χ4v) is 1.73. The van der Waals surface area contributed by atoms with Gasteiger partial charge in [0.1, 0.15) is 0 Å². The molecule has 100 valence electrons. The molecule has 1 saturated heterocycles. The lowest BCUT2D eigenvalue weighted by molar-refractivity contribution is -0.129. The first-order chi connectivity index (χ1) is 8.09. The second kappa shape index (κ2) is 7.63. The summed E-state index contributed by atoms with van der Waals surface area (Å²) in [7, 11) is 3.54. The van der Waals surface area contributed by atoms with Crippen LogP contribution in [0.25, 0.3) is 0 Å². The van der Waals surface area contributed by atoms with Crippen molar-refractivity contribution in [1.29, 1.82) is 0 Å². The number of carbonyl (C=O) groups excluding carboxylic acids is 1. The minimum atomic E-state index is 0.142. The average molecular weight is 244 g/mol. The van der Waals surface area contributed by atoms with Crippen LogP contribution in [0.15, 0.2) is 0 Å². The molecule has 2 atom stereocenters. The zero-order chi connectivity index (χ0) is 12.7. The largest absolute Gasteiger partial charge is 0.379 e. The Hall–Kier alpha value is -0.650. The first-order valence-electron chi connectivity index (χ1n) is 6.23. The normalized spacial score (nSPS) is 24.6. The molecule has 1 rings (SSSR count). The standard InChI is InChI=1S/C12H24N2O3/c1-10-7-13-8-11(17-10)9-16-6-4-5-12(15)14(2)3/h10-11,13H,4-9H2,1-3H3. The van der Waals surface area contributed by atoms with Crippen LogP contribution in [0.5, 0.6) is 0 Å². The van der Waals surface area contributed by atoms with Crippen molar-refractivity contribution in [3.63, 3.8) is 0 Å². The summed E-state index contributed by atoms with van der Waals surface area (Å²) in [4.78, 5) is 12.9. The van der Waals surface area contributed by atoms with E-state index in [1.165, 1.54) is 0 Å². The van der Waals surface area contributed by atoms with Crippen molar-refractivity contribution >= 4 is 5.91 Å². The van der Waals surface area contributed by atoms with Crippen molar-refractivity contribution in [3.8, 4) is 0 Å². The van der Waals surface area contributed by atoms with Crippen LogP contribution in [-0.4, -0.2) is 63.4 Å². The third-order valence-corrected chi connectivity index (χ3v) is 2.71. The van der Waals surface area contributed by atoms with Crippen molar-refractivity contribution in [2.24, 2.45) is 0 Å². The summed E-state index contributed by atoms with van der Waals surface area (Å²) in [6.07, 6.45) is 1.72. The highest BCUT2D eigenvalue weighted by Gasteiger charge is 2.18.